The largest absolute Gasteiger partial charge is 0.493 e. The molecule has 29 heavy (non-hydrogen) atoms. The topological polar surface area (TPSA) is 47.6 Å². The molecule has 2 aromatic rings. The minimum absolute atomic E-state index is 0.0968. The predicted molar refractivity (Wildman–Crippen MR) is 119 cm³/mol. The molecule has 4 heteroatoms. The van der Waals surface area contributed by atoms with Crippen molar-refractivity contribution in [2.75, 3.05) is 13.2 Å². The van der Waals surface area contributed by atoms with E-state index in [1.807, 2.05) is 30.3 Å². The highest BCUT2D eigenvalue weighted by atomic mass is 16.5. The first-order chi connectivity index (χ1) is 13.8. The number of para-hydroxylation sites is 1. The summed E-state index contributed by atoms with van der Waals surface area (Å²) >= 11 is 0. The van der Waals surface area contributed by atoms with Crippen molar-refractivity contribution in [1.82, 2.24) is 5.32 Å². The second-order valence-corrected chi connectivity index (χ2v) is 8.39. The van der Waals surface area contributed by atoms with Gasteiger partial charge in [-0.2, -0.15) is 0 Å². The van der Waals surface area contributed by atoms with Gasteiger partial charge in [0.2, 0.25) is 0 Å². The lowest BCUT2D eigenvalue weighted by molar-refractivity contribution is -0.127. The Hall–Kier alpha value is -2.49. The number of benzene rings is 2. The number of hydrogen-bond donors (Lipinski definition) is 1. The summed E-state index contributed by atoms with van der Waals surface area (Å²) in [6, 6.07) is 16.1. The van der Waals surface area contributed by atoms with Crippen LogP contribution in [-0.2, 0) is 16.6 Å². The van der Waals surface area contributed by atoms with E-state index in [-0.39, 0.29) is 11.3 Å². The highest BCUT2D eigenvalue weighted by Crippen LogP contribution is 2.24. The smallest absolute Gasteiger partial charge is 0.260 e. The molecule has 1 N–H and O–H groups in total. The molecule has 0 saturated heterocycles. The number of aryl methyl sites for hydroxylation is 1. The van der Waals surface area contributed by atoms with Crippen LogP contribution < -0.4 is 14.8 Å². The SMILES string of the molecule is CCCOc1ccccc1CCCNC(=O)[C@H](C)Oc1ccc(C(C)(C)C)cc1. The lowest BCUT2D eigenvalue weighted by atomic mass is 9.87. The highest BCUT2D eigenvalue weighted by molar-refractivity contribution is 5.80. The number of rotatable bonds is 10. The number of nitrogens with one attached hydrogen (secondary N) is 1. The van der Waals surface area contributed by atoms with Crippen LogP contribution in [0.15, 0.2) is 48.5 Å². The first-order valence-corrected chi connectivity index (χ1v) is 10.6. The van der Waals surface area contributed by atoms with Crippen LogP contribution in [-0.4, -0.2) is 25.2 Å². The third-order valence-electron chi connectivity index (χ3n) is 4.76. The Morgan fingerprint density at radius 3 is 2.41 bits per heavy atom. The van der Waals surface area contributed by atoms with Crippen LogP contribution in [0, 0.1) is 0 Å². The van der Waals surface area contributed by atoms with Gasteiger partial charge in [-0.05, 0) is 60.9 Å². The van der Waals surface area contributed by atoms with Crippen LogP contribution in [0.5, 0.6) is 11.5 Å². The number of ether oxygens (including phenoxy) is 2. The normalized spacial score (nSPS) is 12.3. The molecule has 0 aliphatic carbocycles. The van der Waals surface area contributed by atoms with Crippen molar-refractivity contribution < 1.29 is 14.3 Å². The molecule has 0 fully saturated rings. The summed E-state index contributed by atoms with van der Waals surface area (Å²) < 4.78 is 11.6. The summed E-state index contributed by atoms with van der Waals surface area (Å²) in [6.07, 6.45) is 2.17. The minimum atomic E-state index is -0.532. The summed E-state index contributed by atoms with van der Waals surface area (Å²) in [7, 11) is 0. The van der Waals surface area contributed by atoms with Crippen LogP contribution in [0.3, 0.4) is 0 Å². The maximum Gasteiger partial charge on any atom is 0.260 e. The molecule has 0 aliphatic rings. The van der Waals surface area contributed by atoms with E-state index >= 15 is 0 Å². The summed E-state index contributed by atoms with van der Waals surface area (Å²) in [6.45, 7) is 11.7. The maximum absolute atomic E-state index is 12.3. The number of carbonyl (C=O) groups is 1. The van der Waals surface area contributed by atoms with Crippen molar-refractivity contribution in [2.45, 2.75) is 65.4 Å². The Morgan fingerprint density at radius 1 is 1.07 bits per heavy atom. The molecular weight excluding hydrogens is 362 g/mol. The van der Waals surface area contributed by atoms with Crippen LogP contribution in [0.25, 0.3) is 0 Å². The van der Waals surface area contributed by atoms with Crippen molar-refractivity contribution in [3.63, 3.8) is 0 Å². The molecule has 1 amide bonds. The van der Waals surface area contributed by atoms with Crippen molar-refractivity contribution in [1.29, 1.82) is 0 Å². The van der Waals surface area contributed by atoms with E-state index in [4.69, 9.17) is 9.47 Å². The van der Waals surface area contributed by atoms with Crippen LogP contribution in [0.2, 0.25) is 0 Å². The number of amides is 1. The van der Waals surface area contributed by atoms with Gasteiger partial charge in [0.25, 0.3) is 5.91 Å². The van der Waals surface area contributed by atoms with Gasteiger partial charge in [-0.3, -0.25) is 4.79 Å². The van der Waals surface area contributed by atoms with Crippen molar-refractivity contribution in [3.05, 3.63) is 59.7 Å². The fourth-order valence-corrected chi connectivity index (χ4v) is 2.99. The van der Waals surface area contributed by atoms with Crippen LogP contribution in [0.1, 0.15) is 58.6 Å². The number of hydrogen-bond acceptors (Lipinski definition) is 3. The molecular formula is C25H35NO3. The Labute approximate surface area is 175 Å². The summed E-state index contributed by atoms with van der Waals surface area (Å²) in [4.78, 5) is 12.3. The van der Waals surface area contributed by atoms with Gasteiger partial charge in [-0.1, -0.05) is 58.0 Å². The van der Waals surface area contributed by atoms with Crippen molar-refractivity contribution in [3.8, 4) is 11.5 Å². The summed E-state index contributed by atoms with van der Waals surface area (Å²) in [5.41, 5.74) is 2.52. The van der Waals surface area contributed by atoms with Crippen LogP contribution in [0.4, 0.5) is 0 Å². The van der Waals surface area contributed by atoms with Gasteiger partial charge in [-0.25, -0.2) is 0 Å². The Morgan fingerprint density at radius 2 is 1.76 bits per heavy atom. The van der Waals surface area contributed by atoms with Gasteiger partial charge in [0.1, 0.15) is 11.5 Å². The van der Waals surface area contributed by atoms with Crippen molar-refractivity contribution >= 4 is 5.91 Å². The third kappa shape index (κ3) is 7.45. The van der Waals surface area contributed by atoms with E-state index in [0.717, 1.165) is 31.6 Å². The molecule has 2 rings (SSSR count). The average molecular weight is 398 g/mol. The van der Waals surface area contributed by atoms with Gasteiger partial charge in [0.05, 0.1) is 6.61 Å². The molecule has 2 aromatic carbocycles. The second-order valence-electron chi connectivity index (χ2n) is 8.39. The fraction of sp³-hybridized carbons (Fsp3) is 0.480. The predicted octanol–water partition coefficient (Wildman–Crippen LogP) is 5.29. The summed E-state index contributed by atoms with van der Waals surface area (Å²) in [5.74, 6) is 1.55. The molecule has 4 nitrogen and oxygen atoms in total. The molecule has 1 atom stereocenters. The minimum Gasteiger partial charge on any atom is -0.493 e. The lowest BCUT2D eigenvalue weighted by Gasteiger charge is -2.20. The van der Waals surface area contributed by atoms with E-state index in [0.29, 0.717) is 12.3 Å². The zero-order valence-corrected chi connectivity index (χ0v) is 18.5. The fourth-order valence-electron chi connectivity index (χ4n) is 2.99. The quantitative estimate of drug-likeness (QED) is 0.554. The van der Waals surface area contributed by atoms with Gasteiger partial charge >= 0.3 is 0 Å². The maximum atomic E-state index is 12.3. The van der Waals surface area contributed by atoms with Crippen LogP contribution >= 0.6 is 0 Å². The van der Waals surface area contributed by atoms with E-state index in [2.05, 4.69) is 51.2 Å². The Balaban J connectivity index is 1.76. The molecule has 0 aliphatic heterocycles. The first kappa shape index (κ1) is 22.8. The second kappa shape index (κ2) is 10.9. The molecule has 0 spiro atoms. The highest BCUT2D eigenvalue weighted by Gasteiger charge is 2.16. The van der Waals surface area contributed by atoms with E-state index in [1.165, 1.54) is 11.1 Å². The molecule has 0 radical (unpaired) electrons. The zero-order chi connectivity index (χ0) is 21.3. The Bertz CT molecular complexity index is 762. The number of carbonyl (C=O) groups excluding carboxylic acids is 1. The molecule has 158 valence electrons. The summed E-state index contributed by atoms with van der Waals surface area (Å²) in [5, 5.41) is 2.97. The molecule has 0 unspecified atom stereocenters. The molecule has 0 bridgehead atoms. The zero-order valence-electron chi connectivity index (χ0n) is 18.5. The first-order valence-electron chi connectivity index (χ1n) is 10.6. The lowest BCUT2D eigenvalue weighted by Crippen LogP contribution is -2.36. The van der Waals surface area contributed by atoms with E-state index in [9.17, 15) is 4.79 Å². The monoisotopic (exact) mass is 397 g/mol. The van der Waals surface area contributed by atoms with Gasteiger partial charge < -0.3 is 14.8 Å². The van der Waals surface area contributed by atoms with E-state index in [1.54, 1.807) is 6.92 Å². The van der Waals surface area contributed by atoms with Gasteiger partial charge in [0.15, 0.2) is 6.10 Å². The molecule has 0 aromatic heterocycles. The molecule has 0 saturated carbocycles. The third-order valence-corrected chi connectivity index (χ3v) is 4.76. The van der Waals surface area contributed by atoms with Gasteiger partial charge in [-0.15, -0.1) is 0 Å². The molecule has 0 heterocycles. The standard InChI is InChI=1S/C25H35NO3/c1-6-18-28-23-12-8-7-10-20(23)11-9-17-26-24(27)19(2)29-22-15-13-21(14-16-22)25(3,4)5/h7-8,10,12-16,19H,6,9,11,17-18H2,1-5H3,(H,26,27)/t19-/m0/s1. The van der Waals surface area contributed by atoms with E-state index < -0.39 is 6.10 Å². The van der Waals surface area contributed by atoms with Gasteiger partial charge in [0, 0.05) is 6.54 Å². The van der Waals surface area contributed by atoms with Crippen molar-refractivity contribution in [2.24, 2.45) is 0 Å². The Kier molecular flexibility index (Phi) is 8.56. The average Bonchev–Trinajstić information content (AvgIpc) is 2.69.